The number of ether oxygens (including phenoxy) is 1. The van der Waals surface area contributed by atoms with Gasteiger partial charge >= 0.3 is 0 Å². The molecule has 2 aromatic rings. The number of halogens is 2. The molecule has 8 heteroatoms. The van der Waals surface area contributed by atoms with Crippen LogP contribution >= 0.6 is 23.2 Å². The van der Waals surface area contributed by atoms with Crippen molar-refractivity contribution in [3.05, 3.63) is 40.0 Å². The summed E-state index contributed by atoms with van der Waals surface area (Å²) in [4.78, 5) is 15.5. The molecule has 1 aliphatic rings. The van der Waals surface area contributed by atoms with Gasteiger partial charge in [-0.1, -0.05) is 23.2 Å². The molecule has 3 rings (SSSR count). The van der Waals surface area contributed by atoms with E-state index < -0.39 is 0 Å². The molecule has 26 heavy (non-hydrogen) atoms. The van der Waals surface area contributed by atoms with Crippen LogP contribution in [0.5, 0.6) is 5.88 Å². The van der Waals surface area contributed by atoms with E-state index in [1.165, 1.54) is 0 Å². The van der Waals surface area contributed by atoms with Crippen molar-refractivity contribution >= 4 is 29.1 Å². The molecule has 0 radical (unpaired) electrons. The van der Waals surface area contributed by atoms with E-state index in [-0.39, 0.29) is 5.91 Å². The van der Waals surface area contributed by atoms with E-state index >= 15 is 0 Å². The number of amides is 1. The molecule has 0 N–H and O–H groups in total. The number of nitrogens with zero attached hydrogens (tertiary/aromatic N) is 4. The maximum Gasteiger partial charge on any atom is 0.233 e. The third-order valence-corrected chi connectivity index (χ3v) is 5.23. The first-order valence-electron chi connectivity index (χ1n) is 8.57. The number of carbonyl (C=O) groups excluding carboxylic acids is 1. The maximum atomic E-state index is 11.4. The Kier molecular flexibility index (Phi) is 6.06. The van der Waals surface area contributed by atoms with Crippen LogP contribution < -0.4 is 4.74 Å². The summed E-state index contributed by atoms with van der Waals surface area (Å²) in [6, 6.07) is 7.30. The van der Waals surface area contributed by atoms with Crippen LogP contribution in [-0.2, 0) is 4.79 Å². The highest BCUT2D eigenvalue weighted by Gasteiger charge is 2.18. The zero-order valence-corrected chi connectivity index (χ0v) is 16.4. The van der Waals surface area contributed by atoms with Gasteiger partial charge in [-0.3, -0.25) is 9.69 Å². The van der Waals surface area contributed by atoms with E-state index in [9.17, 15) is 4.79 Å². The molecule has 6 nitrogen and oxygen atoms in total. The quantitative estimate of drug-likeness (QED) is 0.779. The lowest BCUT2D eigenvalue weighted by Crippen LogP contribution is -2.48. The minimum Gasteiger partial charge on any atom is -0.475 e. The number of benzene rings is 1. The van der Waals surface area contributed by atoms with Gasteiger partial charge in [0.15, 0.2) is 0 Å². The fraction of sp³-hybridized carbons (Fsp3) is 0.444. The van der Waals surface area contributed by atoms with Crippen molar-refractivity contribution in [3.8, 4) is 11.6 Å². The normalized spacial score (nSPS) is 15.3. The molecule has 0 aliphatic carbocycles. The molecule has 140 valence electrons. The molecule has 0 atom stereocenters. The first-order valence-corrected chi connectivity index (χ1v) is 9.32. The van der Waals surface area contributed by atoms with E-state index in [0.717, 1.165) is 44.1 Å². The number of hydrogen-bond acceptors (Lipinski definition) is 4. The third-order valence-electron chi connectivity index (χ3n) is 4.49. The third kappa shape index (κ3) is 4.50. The minimum absolute atomic E-state index is 0.143. The van der Waals surface area contributed by atoms with Crippen LogP contribution in [0, 0.1) is 6.92 Å². The number of rotatable bonds is 5. The lowest BCUT2D eigenvalue weighted by molar-refractivity contribution is -0.130. The van der Waals surface area contributed by atoms with Crippen molar-refractivity contribution in [2.24, 2.45) is 0 Å². The average molecular weight is 397 g/mol. The van der Waals surface area contributed by atoms with Crippen LogP contribution in [0.15, 0.2) is 24.3 Å². The lowest BCUT2D eigenvalue weighted by atomic mass is 10.3. The highest BCUT2D eigenvalue weighted by Crippen LogP contribution is 2.25. The first kappa shape index (κ1) is 19.0. The number of carbonyl (C=O) groups is 1. The molecule has 1 fully saturated rings. The van der Waals surface area contributed by atoms with Crippen molar-refractivity contribution in [3.63, 3.8) is 0 Å². The van der Waals surface area contributed by atoms with Crippen LogP contribution in [-0.4, -0.2) is 64.8 Å². The topological polar surface area (TPSA) is 50.6 Å². The van der Waals surface area contributed by atoms with Crippen LogP contribution in [0.25, 0.3) is 5.69 Å². The van der Waals surface area contributed by atoms with Crippen molar-refractivity contribution in [2.75, 3.05) is 39.3 Å². The summed E-state index contributed by atoms with van der Waals surface area (Å²) >= 11 is 12.1. The summed E-state index contributed by atoms with van der Waals surface area (Å²) in [6.45, 7) is 8.25. The van der Waals surface area contributed by atoms with Crippen molar-refractivity contribution in [1.82, 2.24) is 19.6 Å². The second kappa shape index (κ2) is 8.29. The second-order valence-electron chi connectivity index (χ2n) is 6.33. The molecule has 0 bridgehead atoms. The minimum atomic E-state index is 0.143. The Morgan fingerprint density at radius 1 is 1.15 bits per heavy atom. The SMILES string of the molecule is CC(=O)N1CCN(CCOc2cc(C)n(-c3ccc(Cl)c(Cl)c3)n2)CC1. The van der Waals surface area contributed by atoms with E-state index in [2.05, 4.69) is 10.00 Å². The van der Waals surface area contributed by atoms with Gasteiger partial charge in [-0.05, 0) is 25.1 Å². The average Bonchev–Trinajstić information content (AvgIpc) is 2.98. The Morgan fingerprint density at radius 2 is 1.88 bits per heavy atom. The Bertz CT molecular complexity index is 785. The summed E-state index contributed by atoms with van der Waals surface area (Å²) in [5.41, 5.74) is 1.79. The van der Waals surface area contributed by atoms with Crippen LogP contribution in [0.2, 0.25) is 10.0 Å². The summed E-state index contributed by atoms with van der Waals surface area (Å²) < 4.78 is 7.59. The predicted octanol–water partition coefficient (Wildman–Crippen LogP) is 3.03. The summed E-state index contributed by atoms with van der Waals surface area (Å²) in [6.07, 6.45) is 0. The second-order valence-corrected chi connectivity index (χ2v) is 7.14. The monoisotopic (exact) mass is 396 g/mol. The van der Waals surface area contributed by atoms with Gasteiger partial charge in [-0.2, -0.15) is 0 Å². The molecule has 1 aromatic heterocycles. The molecule has 0 unspecified atom stereocenters. The molecular weight excluding hydrogens is 375 g/mol. The standard InChI is InChI=1S/C18H22Cl2N4O2/c1-13-11-18(21-24(13)15-3-4-16(19)17(20)12-15)26-10-9-22-5-7-23(8-6-22)14(2)25/h3-4,11-12H,5-10H2,1-2H3. The number of hydrogen-bond donors (Lipinski definition) is 0. The zero-order valence-electron chi connectivity index (χ0n) is 14.9. The van der Waals surface area contributed by atoms with Gasteiger partial charge in [-0.25, -0.2) is 4.68 Å². The molecule has 1 aromatic carbocycles. The van der Waals surface area contributed by atoms with Crippen molar-refractivity contribution in [2.45, 2.75) is 13.8 Å². The number of piperazine rings is 1. The van der Waals surface area contributed by atoms with Gasteiger partial charge in [-0.15, -0.1) is 5.10 Å². The molecule has 1 saturated heterocycles. The first-order chi connectivity index (χ1) is 12.4. The van der Waals surface area contributed by atoms with E-state index in [1.807, 2.05) is 24.0 Å². The largest absolute Gasteiger partial charge is 0.475 e. The summed E-state index contributed by atoms with van der Waals surface area (Å²) in [5.74, 6) is 0.722. The van der Waals surface area contributed by atoms with Crippen LogP contribution in [0.3, 0.4) is 0 Å². The molecule has 1 aliphatic heterocycles. The lowest BCUT2D eigenvalue weighted by Gasteiger charge is -2.33. The fourth-order valence-corrected chi connectivity index (χ4v) is 3.25. The maximum absolute atomic E-state index is 11.4. The summed E-state index contributed by atoms with van der Waals surface area (Å²) in [5, 5.41) is 5.50. The van der Waals surface area contributed by atoms with Crippen molar-refractivity contribution in [1.29, 1.82) is 0 Å². The fourth-order valence-electron chi connectivity index (χ4n) is 2.96. The van der Waals surface area contributed by atoms with E-state index in [1.54, 1.807) is 23.7 Å². The molecule has 0 saturated carbocycles. The van der Waals surface area contributed by atoms with Gasteiger partial charge in [0.1, 0.15) is 6.61 Å². The van der Waals surface area contributed by atoms with Gasteiger partial charge in [0.25, 0.3) is 0 Å². The Morgan fingerprint density at radius 3 is 2.54 bits per heavy atom. The van der Waals surface area contributed by atoms with Crippen LogP contribution in [0.4, 0.5) is 0 Å². The number of aryl methyl sites for hydroxylation is 1. The molecular formula is C18H22Cl2N4O2. The van der Waals surface area contributed by atoms with Gasteiger partial charge in [0.2, 0.25) is 11.8 Å². The Balaban J connectivity index is 1.53. The highest BCUT2D eigenvalue weighted by atomic mass is 35.5. The molecule has 2 heterocycles. The zero-order chi connectivity index (χ0) is 18.7. The predicted molar refractivity (Wildman–Crippen MR) is 103 cm³/mol. The van der Waals surface area contributed by atoms with Gasteiger partial charge in [0.05, 0.1) is 15.7 Å². The number of aromatic nitrogens is 2. The van der Waals surface area contributed by atoms with Gasteiger partial charge in [0, 0.05) is 51.4 Å². The van der Waals surface area contributed by atoms with Crippen LogP contribution in [0.1, 0.15) is 12.6 Å². The highest BCUT2D eigenvalue weighted by molar-refractivity contribution is 6.42. The molecule has 0 spiro atoms. The van der Waals surface area contributed by atoms with E-state index in [4.69, 9.17) is 27.9 Å². The Hall–Kier alpha value is -1.76. The molecule has 1 amide bonds. The van der Waals surface area contributed by atoms with Gasteiger partial charge < -0.3 is 9.64 Å². The smallest absolute Gasteiger partial charge is 0.233 e. The van der Waals surface area contributed by atoms with Crippen molar-refractivity contribution < 1.29 is 9.53 Å². The summed E-state index contributed by atoms with van der Waals surface area (Å²) in [7, 11) is 0. The van der Waals surface area contributed by atoms with E-state index in [0.29, 0.717) is 22.5 Å². The Labute approximate surface area is 163 Å².